The molecule has 196 valence electrons. The molecule has 3 aromatic carbocycles. The van der Waals surface area contributed by atoms with E-state index in [1.54, 1.807) is 48.2 Å². The summed E-state index contributed by atoms with van der Waals surface area (Å²) in [7, 11) is -3.90. The van der Waals surface area contributed by atoms with E-state index in [2.05, 4.69) is 10.0 Å². The van der Waals surface area contributed by atoms with Gasteiger partial charge in [-0.15, -0.1) is 0 Å². The number of hydrogen-bond acceptors (Lipinski definition) is 5. The molecular weight excluding hydrogens is 490 g/mol. The van der Waals surface area contributed by atoms with Crippen LogP contribution in [0.4, 0.5) is 10.5 Å². The third-order valence-electron chi connectivity index (χ3n) is 6.87. The summed E-state index contributed by atoms with van der Waals surface area (Å²) in [6.07, 6.45) is -0.378. The van der Waals surface area contributed by atoms with Crippen molar-refractivity contribution < 1.29 is 22.7 Å². The van der Waals surface area contributed by atoms with Gasteiger partial charge in [-0.25, -0.2) is 17.9 Å². The van der Waals surface area contributed by atoms with Gasteiger partial charge in [0.25, 0.3) is 5.91 Å². The van der Waals surface area contributed by atoms with Crippen LogP contribution in [0.15, 0.2) is 65.6 Å². The molecule has 37 heavy (non-hydrogen) atoms. The average molecular weight is 524 g/mol. The first-order valence-corrected chi connectivity index (χ1v) is 13.9. The Labute approximate surface area is 218 Å². The topological polar surface area (TPSA) is 105 Å². The molecule has 1 saturated heterocycles. The maximum atomic E-state index is 13.6. The Hall–Kier alpha value is -3.43. The zero-order valence-electron chi connectivity index (χ0n) is 21.5. The first kappa shape index (κ1) is 26.6. The van der Waals surface area contributed by atoms with Gasteiger partial charge in [0, 0.05) is 41.2 Å². The van der Waals surface area contributed by atoms with Crippen LogP contribution >= 0.6 is 0 Å². The summed E-state index contributed by atoms with van der Waals surface area (Å²) in [5.41, 5.74) is 1.94. The maximum absolute atomic E-state index is 13.6. The molecule has 3 atom stereocenters. The summed E-state index contributed by atoms with van der Waals surface area (Å²) in [5, 5.41) is 4.08. The molecule has 0 aromatic heterocycles. The number of anilines is 1. The minimum Gasteiger partial charge on any atom is -0.450 e. The zero-order chi connectivity index (χ0) is 26.7. The lowest BCUT2D eigenvalue weighted by atomic mass is 9.87. The van der Waals surface area contributed by atoms with E-state index >= 15 is 0 Å². The van der Waals surface area contributed by atoms with Gasteiger partial charge >= 0.3 is 6.09 Å². The highest BCUT2D eigenvalue weighted by atomic mass is 32.2. The lowest BCUT2D eigenvalue weighted by Crippen LogP contribution is -2.56. The van der Waals surface area contributed by atoms with Gasteiger partial charge in [0.15, 0.2) is 0 Å². The fourth-order valence-electron chi connectivity index (χ4n) is 5.03. The number of aryl methyl sites for hydroxylation is 1. The Morgan fingerprint density at radius 3 is 2.22 bits per heavy atom. The second-order valence-corrected chi connectivity index (χ2v) is 11.3. The number of piperidine rings is 1. The van der Waals surface area contributed by atoms with E-state index in [0.29, 0.717) is 41.7 Å². The van der Waals surface area contributed by atoms with E-state index < -0.39 is 10.0 Å². The van der Waals surface area contributed by atoms with Gasteiger partial charge in [0.05, 0.1) is 11.5 Å². The first-order valence-electron chi connectivity index (χ1n) is 12.4. The Balaban J connectivity index is 1.60. The Kier molecular flexibility index (Phi) is 7.85. The van der Waals surface area contributed by atoms with E-state index in [0.717, 1.165) is 5.56 Å². The molecule has 9 heteroatoms. The molecule has 1 unspecified atom stereocenters. The van der Waals surface area contributed by atoms with Crippen molar-refractivity contribution in [2.45, 2.75) is 38.6 Å². The number of fused-ring (bicyclic) bond motifs is 1. The predicted molar refractivity (Wildman–Crippen MR) is 144 cm³/mol. The van der Waals surface area contributed by atoms with Crippen LogP contribution < -0.4 is 10.0 Å². The molecule has 2 N–H and O–H groups in total. The maximum Gasteiger partial charge on any atom is 0.409 e. The van der Waals surface area contributed by atoms with Crippen molar-refractivity contribution in [3.8, 4) is 0 Å². The number of carbonyl (C=O) groups is 2. The summed E-state index contributed by atoms with van der Waals surface area (Å²) in [6, 6.07) is 17.2. The Bertz CT molecular complexity index is 1410. The van der Waals surface area contributed by atoms with Crippen molar-refractivity contribution in [3.63, 3.8) is 0 Å². The molecule has 1 aliphatic heterocycles. The van der Waals surface area contributed by atoms with Crippen LogP contribution in [0.3, 0.4) is 0 Å². The van der Waals surface area contributed by atoms with Gasteiger partial charge in [-0.3, -0.25) is 4.79 Å². The zero-order valence-corrected chi connectivity index (χ0v) is 22.3. The quantitative estimate of drug-likeness (QED) is 0.483. The number of likely N-dealkylation sites (tertiary alicyclic amines) is 1. The molecule has 1 fully saturated rings. The molecule has 2 amide bonds. The lowest BCUT2D eigenvalue weighted by Gasteiger charge is -2.40. The van der Waals surface area contributed by atoms with Crippen molar-refractivity contribution in [3.05, 3.63) is 71.8 Å². The SMILES string of the molecule is CCOC(=O)N1C[C@@H](C)C(NS(=O)(=O)c2ccc(NC(=O)c3ccccc3C)c3ccccc23)[C@@H](C)C1. The number of amides is 2. The van der Waals surface area contributed by atoms with Crippen LogP contribution in [-0.2, 0) is 14.8 Å². The second kappa shape index (κ2) is 10.9. The van der Waals surface area contributed by atoms with Crippen molar-refractivity contribution in [1.29, 1.82) is 0 Å². The molecule has 0 bridgehead atoms. The third kappa shape index (κ3) is 5.62. The highest BCUT2D eigenvalue weighted by Crippen LogP contribution is 2.31. The van der Waals surface area contributed by atoms with Gasteiger partial charge in [0.2, 0.25) is 10.0 Å². The third-order valence-corrected chi connectivity index (χ3v) is 8.39. The number of benzene rings is 3. The van der Waals surface area contributed by atoms with Crippen LogP contribution in [0.2, 0.25) is 0 Å². The predicted octanol–water partition coefficient (Wildman–Crippen LogP) is 4.79. The van der Waals surface area contributed by atoms with Gasteiger partial charge in [-0.05, 0) is 49.4 Å². The molecule has 1 heterocycles. The molecule has 1 aliphatic rings. The number of carbonyl (C=O) groups excluding carboxylic acids is 2. The molecule has 4 rings (SSSR count). The van der Waals surface area contributed by atoms with Gasteiger partial charge in [0.1, 0.15) is 0 Å². The van der Waals surface area contributed by atoms with E-state index in [1.807, 2.05) is 39.0 Å². The number of nitrogens with zero attached hydrogens (tertiary/aromatic N) is 1. The van der Waals surface area contributed by atoms with E-state index in [1.165, 1.54) is 6.07 Å². The molecule has 8 nitrogen and oxygen atoms in total. The number of hydrogen-bond donors (Lipinski definition) is 2. The molecule has 0 saturated carbocycles. The number of sulfonamides is 1. The molecule has 3 aromatic rings. The van der Waals surface area contributed by atoms with Gasteiger partial charge in [-0.1, -0.05) is 56.3 Å². The number of nitrogens with one attached hydrogen (secondary N) is 2. The minimum atomic E-state index is -3.90. The van der Waals surface area contributed by atoms with Crippen molar-refractivity contribution >= 4 is 38.5 Å². The molecule has 0 aliphatic carbocycles. The summed E-state index contributed by atoms with van der Waals surface area (Å²) >= 11 is 0. The largest absolute Gasteiger partial charge is 0.450 e. The van der Waals surface area contributed by atoms with E-state index in [9.17, 15) is 18.0 Å². The van der Waals surface area contributed by atoms with Crippen LogP contribution in [0.1, 0.15) is 36.7 Å². The fraction of sp³-hybridized carbons (Fsp3) is 0.357. The van der Waals surface area contributed by atoms with Crippen LogP contribution in [-0.4, -0.2) is 51.1 Å². The Morgan fingerprint density at radius 1 is 0.946 bits per heavy atom. The fourth-order valence-corrected chi connectivity index (χ4v) is 6.69. The molecule has 0 radical (unpaired) electrons. The molecule has 0 spiro atoms. The highest BCUT2D eigenvalue weighted by molar-refractivity contribution is 7.89. The van der Waals surface area contributed by atoms with E-state index in [4.69, 9.17) is 4.74 Å². The average Bonchev–Trinajstić information content (AvgIpc) is 2.86. The Morgan fingerprint density at radius 2 is 1.57 bits per heavy atom. The van der Waals surface area contributed by atoms with E-state index in [-0.39, 0.29) is 34.8 Å². The lowest BCUT2D eigenvalue weighted by molar-refractivity contribution is 0.0680. The minimum absolute atomic E-state index is 0.109. The summed E-state index contributed by atoms with van der Waals surface area (Å²) in [5.74, 6) is -0.475. The molecular formula is C28H33N3O5S. The van der Waals surface area contributed by atoms with Crippen molar-refractivity contribution in [2.24, 2.45) is 11.8 Å². The smallest absolute Gasteiger partial charge is 0.409 e. The summed E-state index contributed by atoms with van der Waals surface area (Å²) in [4.78, 5) is 26.9. The number of ether oxygens (including phenoxy) is 1. The monoisotopic (exact) mass is 523 g/mol. The van der Waals surface area contributed by atoms with Crippen LogP contribution in [0.5, 0.6) is 0 Å². The number of rotatable bonds is 6. The van der Waals surface area contributed by atoms with Crippen LogP contribution in [0, 0.1) is 18.8 Å². The normalized spacial score (nSPS) is 20.0. The van der Waals surface area contributed by atoms with Crippen LogP contribution in [0.25, 0.3) is 10.8 Å². The van der Waals surface area contributed by atoms with Gasteiger partial charge in [-0.2, -0.15) is 0 Å². The standard InChI is InChI=1S/C28H33N3O5S/c1-5-36-28(33)31-16-19(3)26(20(4)17-31)30-37(34,35)25-15-14-24(22-12-8-9-13-23(22)25)29-27(32)21-11-7-6-10-18(21)2/h6-15,19-20,26,30H,5,16-17H2,1-4H3,(H,29,32)/t19-,20+,26?. The van der Waals surface area contributed by atoms with Gasteiger partial charge < -0.3 is 15.0 Å². The highest BCUT2D eigenvalue weighted by Gasteiger charge is 2.37. The van der Waals surface area contributed by atoms with Crippen molar-refractivity contribution in [1.82, 2.24) is 9.62 Å². The summed E-state index contributed by atoms with van der Waals surface area (Å²) < 4.78 is 35.3. The summed E-state index contributed by atoms with van der Waals surface area (Å²) in [6.45, 7) is 8.59. The second-order valence-electron chi connectivity index (χ2n) is 9.63. The first-order chi connectivity index (χ1) is 17.6. The van der Waals surface area contributed by atoms with Crippen molar-refractivity contribution in [2.75, 3.05) is 25.0 Å².